The van der Waals surface area contributed by atoms with E-state index in [2.05, 4.69) is 0 Å². The second kappa shape index (κ2) is 7.86. The first-order valence-corrected chi connectivity index (χ1v) is 9.36. The van der Waals surface area contributed by atoms with Crippen LogP contribution in [0.1, 0.15) is 22.3 Å². The number of benzene rings is 2. The summed E-state index contributed by atoms with van der Waals surface area (Å²) in [6, 6.07) is 8.83. The third kappa shape index (κ3) is 3.86. The smallest absolute Gasteiger partial charge is 0.341 e. The van der Waals surface area contributed by atoms with Gasteiger partial charge in [-0.15, -0.1) is 0 Å². The zero-order valence-corrected chi connectivity index (χ0v) is 17.2. The molecule has 0 amide bonds. The molecule has 0 saturated carbocycles. The molecule has 1 N–H and O–H groups in total. The predicted molar refractivity (Wildman–Crippen MR) is 111 cm³/mol. The fourth-order valence-corrected chi connectivity index (χ4v) is 3.79. The van der Waals surface area contributed by atoms with Crippen molar-refractivity contribution in [1.29, 1.82) is 0 Å². The SMILES string of the molecule is Cc1cc(OCC(=O)O)c2c(C)c(Cc3ccc(Cl)cc3Cl)c(=O)n(C)c2c1. The average Bonchev–Trinajstić information content (AvgIpc) is 2.62. The summed E-state index contributed by atoms with van der Waals surface area (Å²) < 4.78 is 7.08. The first-order chi connectivity index (χ1) is 13.2. The van der Waals surface area contributed by atoms with Gasteiger partial charge in [0.15, 0.2) is 6.61 Å². The van der Waals surface area contributed by atoms with Gasteiger partial charge in [-0.3, -0.25) is 4.79 Å². The molecule has 0 radical (unpaired) electrons. The third-order valence-electron chi connectivity index (χ3n) is 4.71. The van der Waals surface area contributed by atoms with Crippen LogP contribution < -0.4 is 10.3 Å². The lowest BCUT2D eigenvalue weighted by atomic mass is 9.97. The predicted octanol–water partition coefficient (Wildman–Crippen LogP) is 4.52. The highest BCUT2D eigenvalue weighted by Crippen LogP contribution is 2.32. The van der Waals surface area contributed by atoms with Crippen LogP contribution in [0.15, 0.2) is 35.1 Å². The number of aryl methyl sites for hydroxylation is 3. The number of carboxylic acid groups (broad SMARTS) is 1. The molecule has 1 aromatic heterocycles. The first kappa shape index (κ1) is 20.2. The van der Waals surface area contributed by atoms with Crippen LogP contribution in [0.4, 0.5) is 0 Å². The maximum absolute atomic E-state index is 13.0. The van der Waals surface area contributed by atoms with Crippen molar-refractivity contribution in [2.24, 2.45) is 7.05 Å². The summed E-state index contributed by atoms with van der Waals surface area (Å²) in [6.07, 6.45) is 0.330. The van der Waals surface area contributed by atoms with Gasteiger partial charge in [-0.2, -0.15) is 0 Å². The standard InChI is InChI=1S/C21H19Cl2NO4/c1-11-6-17-20(18(7-11)28-10-19(25)26)12(2)15(21(27)24(17)3)8-13-4-5-14(22)9-16(13)23/h4-7,9H,8,10H2,1-3H3,(H,25,26). The summed E-state index contributed by atoms with van der Waals surface area (Å²) in [5.74, 6) is -0.626. The van der Waals surface area contributed by atoms with Gasteiger partial charge >= 0.3 is 5.97 Å². The summed E-state index contributed by atoms with van der Waals surface area (Å²) >= 11 is 12.3. The van der Waals surface area contributed by atoms with E-state index in [4.69, 9.17) is 33.0 Å². The van der Waals surface area contributed by atoms with Crippen LogP contribution in [-0.2, 0) is 18.3 Å². The number of fused-ring (bicyclic) bond motifs is 1. The summed E-state index contributed by atoms with van der Waals surface area (Å²) in [5.41, 5.74) is 3.52. The van der Waals surface area contributed by atoms with Crippen LogP contribution in [0.2, 0.25) is 10.0 Å². The maximum atomic E-state index is 13.0. The summed E-state index contributed by atoms with van der Waals surface area (Å²) in [7, 11) is 1.69. The van der Waals surface area contributed by atoms with Crippen LogP contribution >= 0.6 is 23.2 Å². The third-order valence-corrected chi connectivity index (χ3v) is 5.30. The Morgan fingerprint density at radius 1 is 1.18 bits per heavy atom. The van der Waals surface area contributed by atoms with Crippen LogP contribution in [-0.4, -0.2) is 22.2 Å². The first-order valence-electron chi connectivity index (χ1n) is 8.60. The molecule has 0 bridgehead atoms. The summed E-state index contributed by atoms with van der Waals surface area (Å²) in [6.45, 7) is 3.25. The number of pyridine rings is 1. The summed E-state index contributed by atoms with van der Waals surface area (Å²) in [5, 5.41) is 10.7. The number of aliphatic carboxylic acids is 1. The lowest BCUT2D eigenvalue weighted by molar-refractivity contribution is -0.139. The monoisotopic (exact) mass is 419 g/mol. The number of hydrogen-bond acceptors (Lipinski definition) is 3. The van der Waals surface area contributed by atoms with Gasteiger partial charge in [0.05, 0.1) is 5.52 Å². The Morgan fingerprint density at radius 3 is 2.54 bits per heavy atom. The Labute approximate surface area is 172 Å². The van der Waals surface area contributed by atoms with E-state index in [1.165, 1.54) is 0 Å². The number of carboxylic acids is 1. The van der Waals surface area contributed by atoms with E-state index in [-0.39, 0.29) is 5.56 Å². The molecule has 5 nitrogen and oxygen atoms in total. The molecule has 1 heterocycles. The fraction of sp³-hybridized carbons (Fsp3) is 0.238. The number of rotatable bonds is 5. The minimum Gasteiger partial charge on any atom is -0.481 e. The quantitative estimate of drug-likeness (QED) is 0.659. The lowest BCUT2D eigenvalue weighted by Gasteiger charge is -2.17. The zero-order valence-electron chi connectivity index (χ0n) is 15.7. The van der Waals surface area contributed by atoms with Gasteiger partial charge in [-0.05, 0) is 54.8 Å². The number of aromatic nitrogens is 1. The molecule has 3 aromatic rings. The zero-order chi connectivity index (χ0) is 20.6. The van der Waals surface area contributed by atoms with Crippen molar-refractivity contribution in [1.82, 2.24) is 4.57 Å². The van der Waals surface area contributed by atoms with E-state index in [0.717, 1.165) is 16.7 Å². The van der Waals surface area contributed by atoms with Crippen molar-refractivity contribution in [3.63, 3.8) is 0 Å². The Bertz CT molecular complexity index is 1150. The highest BCUT2D eigenvalue weighted by molar-refractivity contribution is 6.35. The molecule has 3 rings (SSSR count). The molecule has 146 valence electrons. The van der Waals surface area contributed by atoms with Gasteiger partial charge in [0.1, 0.15) is 5.75 Å². The topological polar surface area (TPSA) is 68.5 Å². The normalized spacial score (nSPS) is 11.0. The van der Waals surface area contributed by atoms with Crippen molar-refractivity contribution >= 4 is 40.1 Å². The molecule has 28 heavy (non-hydrogen) atoms. The van der Waals surface area contributed by atoms with Gasteiger partial charge in [0, 0.05) is 34.5 Å². The molecular weight excluding hydrogens is 401 g/mol. The van der Waals surface area contributed by atoms with E-state index in [1.54, 1.807) is 35.9 Å². The highest BCUT2D eigenvalue weighted by Gasteiger charge is 2.18. The average molecular weight is 420 g/mol. The minimum absolute atomic E-state index is 0.134. The second-order valence-electron chi connectivity index (χ2n) is 6.72. The van der Waals surface area contributed by atoms with Crippen LogP contribution in [0.5, 0.6) is 5.75 Å². The summed E-state index contributed by atoms with van der Waals surface area (Å²) in [4.78, 5) is 24.0. The van der Waals surface area contributed by atoms with Gasteiger partial charge < -0.3 is 14.4 Å². The molecule has 0 unspecified atom stereocenters. The van der Waals surface area contributed by atoms with Crippen molar-refractivity contribution in [2.75, 3.05) is 6.61 Å². The van der Waals surface area contributed by atoms with E-state index >= 15 is 0 Å². The second-order valence-corrected chi connectivity index (χ2v) is 7.56. The number of nitrogens with zero attached hydrogens (tertiary/aromatic N) is 1. The number of halogens is 2. The van der Waals surface area contributed by atoms with Crippen molar-refractivity contribution in [3.8, 4) is 5.75 Å². The molecule has 2 aromatic carbocycles. The van der Waals surface area contributed by atoms with E-state index in [1.807, 2.05) is 19.9 Å². The molecule has 0 atom stereocenters. The van der Waals surface area contributed by atoms with Crippen molar-refractivity contribution < 1.29 is 14.6 Å². The number of hydrogen-bond donors (Lipinski definition) is 1. The van der Waals surface area contributed by atoms with Gasteiger partial charge in [-0.25, -0.2) is 4.79 Å². The van der Waals surface area contributed by atoms with E-state index in [0.29, 0.717) is 38.7 Å². The highest BCUT2D eigenvalue weighted by atomic mass is 35.5. The van der Waals surface area contributed by atoms with Crippen molar-refractivity contribution in [2.45, 2.75) is 20.3 Å². The Morgan fingerprint density at radius 2 is 1.89 bits per heavy atom. The molecular formula is C21H19Cl2NO4. The molecule has 7 heteroatoms. The van der Waals surface area contributed by atoms with Gasteiger partial charge in [0.25, 0.3) is 5.56 Å². The lowest BCUT2D eigenvalue weighted by Crippen LogP contribution is -2.24. The Balaban J connectivity index is 2.23. The molecule has 0 spiro atoms. The minimum atomic E-state index is -1.06. The molecule has 0 saturated heterocycles. The van der Waals surface area contributed by atoms with Crippen LogP contribution in [0.3, 0.4) is 0 Å². The molecule has 0 fully saturated rings. The Kier molecular flexibility index (Phi) is 5.68. The Hall–Kier alpha value is -2.50. The molecule has 0 aliphatic rings. The van der Waals surface area contributed by atoms with E-state index in [9.17, 15) is 9.59 Å². The number of carbonyl (C=O) groups is 1. The number of ether oxygens (including phenoxy) is 1. The van der Waals surface area contributed by atoms with Gasteiger partial charge in [0.2, 0.25) is 0 Å². The van der Waals surface area contributed by atoms with Crippen molar-refractivity contribution in [3.05, 3.63) is 73.0 Å². The molecule has 0 aliphatic carbocycles. The maximum Gasteiger partial charge on any atom is 0.341 e. The molecule has 0 aliphatic heterocycles. The van der Waals surface area contributed by atoms with Gasteiger partial charge in [-0.1, -0.05) is 29.3 Å². The van der Waals surface area contributed by atoms with E-state index < -0.39 is 12.6 Å². The fourth-order valence-electron chi connectivity index (χ4n) is 3.32. The largest absolute Gasteiger partial charge is 0.481 e. The van der Waals surface area contributed by atoms with Crippen LogP contribution in [0, 0.1) is 13.8 Å². The van der Waals surface area contributed by atoms with Crippen LogP contribution in [0.25, 0.3) is 10.9 Å².